The van der Waals surface area contributed by atoms with Gasteiger partial charge in [0, 0.05) is 5.69 Å². The van der Waals surface area contributed by atoms with Crippen LogP contribution in [0.4, 0.5) is 5.69 Å². The molecular weight excluding hydrogens is 256 g/mol. The summed E-state index contributed by atoms with van der Waals surface area (Å²) in [4.78, 5) is 11.0. The molecule has 100 valence electrons. The molecule has 0 unspecified atom stereocenters. The minimum atomic E-state index is -3.77. The first kappa shape index (κ1) is 14.5. The Morgan fingerprint density at radius 2 is 2.00 bits per heavy atom. The van der Waals surface area contributed by atoms with Gasteiger partial charge in [-0.1, -0.05) is 6.07 Å². The van der Waals surface area contributed by atoms with Gasteiger partial charge in [0.1, 0.15) is 6.54 Å². The molecule has 1 aromatic carbocycles. The zero-order valence-corrected chi connectivity index (χ0v) is 11.3. The fourth-order valence-corrected chi connectivity index (χ4v) is 2.66. The fourth-order valence-electron chi connectivity index (χ4n) is 1.44. The van der Waals surface area contributed by atoms with E-state index in [0.717, 1.165) is 5.56 Å². The summed E-state index contributed by atoms with van der Waals surface area (Å²) in [5.74, 6) is -0.656. The molecule has 3 N–H and O–H groups in total. The fraction of sp³-hybridized carbons (Fsp3) is 0.364. The Morgan fingerprint density at radius 1 is 1.39 bits per heavy atom. The molecule has 0 radical (unpaired) electrons. The summed E-state index contributed by atoms with van der Waals surface area (Å²) >= 11 is 0. The second-order valence-electron chi connectivity index (χ2n) is 3.82. The molecule has 0 atom stereocenters. The summed E-state index contributed by atoms with van der Waals surface area (Å²) in [5.41, 5.74) is 7.47. The Labute approximate surface area is 106 Å². The van der Waals surface area contributed by atoms with Gasteiger partial charge < -0.3 is 10.5 Å². The van der Waals surface area contributed by atoms with Crippen LogP contribution >= 0.6 is 0 Å². The number of esters is 1. The lowest BCUT2D eigenvalue weighted by atomic mass is 10.1. The Hall–Kier alpha value is -1.60. The van der Waals surface area contributed by atoms with Gasteiger partial charge in [-0.15, -0.1) is 0 Å². The molecule has 1 aromatic rings. The van der Waals surface area contributed by atoms with Crippen LogP contribution in [0.15, 0.2) is 17.0 Å². The van der Waals surface area contributed by atoms with E-state index in [2.05, 4.69) is 9.46 Å². The number of hydrogen-bond acceptors (Lipinski definition) is 5. The first-order valence-electron chi connectivity index (χ1n) is 5.21. The standard InChI is InChI=1S/C11H16N2O4S/c1-7-4-5-9(8(2)11(7)12)18(15,16)13-6-10(14)17-3/h4-5,13H,6,12H2,1-3H3. The summed E-state index contributed by atoms with van der Waals surface area (Å²) in [5, 5.41) is 0. The van der Waals surface area contributed by atoms with Crippen LogP contribution in [0.5, 0.6) is 0 Å². The lowest BCUT2D eigenvalue weighted by molar-refractivity contribution is -0.139. The average Bonchev–Trinajstić information content (AvgIpc) is 2.32. The van der Waals surface area contributed by atoms with Crippen LogP contribution < -0.4 is 10.5 Å². The van der Waals surface area contributed by atoms with Crippen molar-refractivity contribution in [2.75, 3.05) is 19.4 Å². The van der Waals surface area contributed by atoms with Crippen molar-refractivity contribution in [2.45, 2.75) is 18.7 Å². The number of ether oxygens (including phenoxy) is 1. The predicted octanol–water partition coefficient (Wildman–Crippen LogP) is 0.337. The van der Waals surface area contributed by atoms with Gasteiger partial charge in [0.25, 0.3) is 0 Å². The highest BCUT2D eigenvalue weighted by Crippen LogP contribution is 2.23. The topological polar surface area (TPSA) is 98.5 Å². The first-order valence-corrected chi connectivity index (χ1v) is 6.70. The van der Waals surface area contributed by atoms with Crippen LogP contribution in [0.2, 0.25) is 0 Å². The molecule has 18 heavy (non-hydrogen) atoms. The number of nitrogens with two attached hydrogens (primary N) is 1. The summed E-state index contributed by atoms with van der Waals surface area (Å²) in [6, 6.07) is 3.08. The van der Waals surface area contributed by atoms with E-state index in [1.54, 1.807) is 19.9 Å². The van der Waals surface area contributed by atoms with Crippen molar-refractivity contribution >= 4 is 21.7 Å². The van der Waals surface area contributed by atoms with Crippen molar-refractivity contribution in [3.05, 3.63) is 23.3 Å². The number of rotatable bonds is 4. The molecule has 0 amide bonds. The Kier molecular flexibility index (Phi) is 4.31. The Morgan fingerprint density at radius 3 is 2.56 bits per heavy atom. The van der Waals surface area contributed by atoms with Crippen molar-refractivity contribution in [1.82, 2.24) is 4.72 Å². The number of carbonyl (C=O) groups excluding carboxylic acids is 1. The summed E-state index contributed by atoms with van der Waals surface area (Å²) in [7, 11) is -2.58. The molecule has 1 rings (SSSR count). The lowest BCUT2D eigenvalue weighted by Crippen LogP contribution is -2.30. The smallest absolute Gasteiger partial charge is 0.320 e. The molecule has 0 saturated heterocycles. The molecular formula is C11H16N2O4S. The number of nitrogen functional groups attached to an aromatic ring is 1. The number of nitrogens with one attached hydrogen (secondary N) is 1. The minimum Gasteiger partial charge on any atom is -0.468 e. The zero-order chi connectivity index (χ0) is 13.9. The van der Waals surface area contributed by atoms with E-state index in [9.17, 15) is 13.2 Å². The predicted molar refractivity (Wildman–Crippen MR) is 67.5 cm³/mol. The summed E-state index contributed by atoms with van der Waals surface area (Å²) < 4.78 is 30.4. The van der Waals surface area contributed by atoms with E-state index in [1.807, 2.05) is 0 Å². The van der Waals surface area contributed by atoms with Crippen molar-refractivity contribution < 1.29 is 17.9 Å². The third-order valence-corrected chi connectivity index (χ3v) is 4.15. The third-order valence-electron chi connectivity index (χ3n) is 2.61. The van der Waals surface area contributed by atoms with E-state index in [1.165, 1.54) is 13.2 Å². The maximum Gasteiger partial charge on any atom is 0.320 e. The van der Waals surface area contributed by atoms with Gasteiger partial charge in [-0.05, 0) is 31.0 Å². The number of methoxy groups -OCH3 is 1. The highest BCUT2D eigenvalue weighted by atomic mass is 32.2. The van der Waals surface area contributed by atoms with Gasteiger partial charge >= 0.3 is 5.97 Å². The normalized spacial score (nSPS) is 11.3. The van der Waals surface area contributed by atoms with Crippen molar-refractivity contribution in [3.8, 4) is 0 Å². The molecule has 0 bridgehead atoms. The number of aryl methyl sites for hydroxylation is 1. The molecule has 0 saturated carbocycles. The van der Waals surface area contributed by atoms with Crippen LogP contribution in [0.1, 0.15) is 11.1 Å². The van der Waals surface area contributed by atoms with E-state index < -0.39 is 22.5 Å². The molecule has 0 spiro atoms. The van der Waals surface area contributed by atoms with Gasteiger partial charge in [-0.25, -0.2) is 8.42 Å². The Bertz CT molecular complexity index is 567. The van der Waals surface area contributed by atoms with Crippen molar-refractivity contribution in [3.63, 3.8) is 0 Å². The highest BCUT2D eigenvalue weighted by molar-refractivity contribution is 7.89. The molecule has 7 heteroatoms. The van der Waals surface area contributed by atoms with Gasteiger partial charge in [0.2, 0.25) is 10.0 Å². The summed E-state index contributed by atoms with van der Waals surface area (Å²) in [6.45, 7) is 3.00. The molecule has 0 aliphatic carbocycles. The van der Waals surface area contributed by atoms with Crippen LogP contribution in [-0.4, -0.2) is 28.0 Å². The molecule has 6 nitrogen and oxygen atoms in total. The van der Waals surface area contributed by atoms with Gasteiger partial charge in [0.05, 0.1) is 12.0 Å². The van der Waals surface area contributed by atoms with E-state index in [4.69, 9.17) is 5.73 Å². The largest absolute Gasteiger partial charge is 0.468 e. The SMILES string of the molecule is COC(=O)CNS(=O)(=O)c1ccc(C)c(N)c1C. The van der Waals surface area contributed by atoms with E-state index in [0.29, 0.717) is 11.3 Å². The minimum absolute atomic E-state index is 0.0644. The molecule has 0 aromatic heterocycles. The van der Waals surface area contributed by atoms with Gasteiger partial charge in [-0.3, -0.25) is 4.79 Å². The second kappa shape index (κ2) is 5.36. The zero-order valence-electron chi connectivity index (χ0n) is 10.5. The van der Waals surface area contributed by atoms with Crippen LogP contribution in [0.25, 0.3) is 0 Å². The number of hydrogen-bond donors (Lipinski definition) is 2. The first-order chi connectivity index (χ1) is 8.29. The average molecular weight is 272 g/mol. The molecule has 0 aliphatic heterocycles. The number of anilines is 1. The Balaban J connectivity index is 3.06. The van der Waals surface area contributed by atoms with Crippen molar-refractivity contribution in [2.24, 2.45) is 0 Å². The van der Waals surface area contributed by atoms with Gasteiger partial charge in [0.15, 0.2) is 0 Å². The monoisotopic (exact) mass is 272 g/mol. The van der Waals surface area contributed by atoms with E-state index in [-0.39, 0.29) is 4.90 Å². The van der Waals surface area contributed by atoms with Crippen LogP contribution in [0, 0.1) is 13.8 Å². The number of carbonyl (C=O) groups is 1. The van der Waals surface area contributed by atoms with E-state index >= 15 is 0 Å². The third kappa shape index (κ3) is 2.99. The van der Waals surface area contributed by atoms with Crippen LogP contribution in [0.3, 0.4) is 0 Å². The maximum atomic E-state index is 12.0. The molecule has 0 fully saturated rings. The maximum absolute atomic E-state index is 12.0. The highest BCUT2D eigenvalue weighted by Gasteiger charge is 2.19. The van der Waals surface area contributed by atoms with Crippen LogP contribution in [-0.2, 0) is 19.6 Å². The quantitative estimate of drug-likeness (QED) is 0.608. The molecule has 0 heterocycles. The van der Waals surface area contributed by atoms with Crippen molar-refractivity contribution in [1.29, 1.82) is 0 Å². The van der Waals surface area contributed by atoms with Gasteiger partial charge in [-0.2, -0.15) is 4.72 Å². The number of sulfonamides is 1. The second-order valence-corrected chi connectivity index (χ2v) is 5.56. The number of benzene rings is 1. The lowest BCUT2D eigenvalue weighted by Gasteiger charge is -2.12. The molecule has 0 aliphatic rings. The summed E-state index contributed by atoms with van der Waals surface area (Å²) in [6.07, 6.45) is 0.